The summed E-state index contributed by atoms with van der Waals surface area (Å²) in [5, 5.41) is 4.33. The third-order valence-corrected chi connectivity index (χ3v) is 4.84. The van der Waals surface area contributed by atoms with Crippen molar-refractivity contribution in [1.82, 2.24) is 5.43 Å². The predicted octanol–water partition coefficient (Wildman–Crippen LogP) is 1.08. The zero-order chi connectivity index (χ0) is 10.7. The summed E-state index contributed by atoms with van der Waals surface area (Å²) < 4.78 is 22.4. The van der Waals surface area contributed by atoms with Gasteiger partial charge in [-0.05, 0) is 32.1 Å². The van der Waals surface area contributed by atoms with Crippen LogP contribution in [0.1, 0.15) is 38.5 Å². The molecule has 0 amide bonds. The van der Waals surface area contributed by atoms with Crippen molar-refractivity contribution in [2.75, 3.05) is 11.5 Å². The van der Waals surface area contributed by atoms with E-state index < -0.39 is 9.84 Å². The Labute approximate surface area is 91.1 Å². The lowest BCUT2D eigenvalue weighted by atomic mass is 9.99. The first kappa shape index (κ1) is 10.9. The van der Waals surface area contributed by atoms with Crippen LogP contribution in [0.2, 0.25) is 0 Å². The molecule has 0 radical (unpaired) electrons. The fourth-order valence-electron chi connectivity index (χ4n) is 2.15. The highest BCUT2D eigenvalue weighted by Gasteiger charge is 2.27. The third-order valence-electron chi connectivity index (χ3n) is 3.07. The van der Waals surface area contributed by atoms with Crippen LogP contribution >= 0.6 is 0 Å². The highest BCUT2D eigenvalue weighted by atomic mass is 32.2. The minimum atomic E-state index is -2.78. The Morgan fingerprint density at radius 1 is 1.20 bits per heavy atom. The zero-order valence-electron chi connectivity index (χ0n) is 8.91. The Hall–Kier alpha value is -0.580. The molecule has 0 aromatic rings. The average Bonchev–Trinajstić information content (AvgIpc) is 2.57. The molecule has 2 fully saturated rings. The van der Waals surface area contributed by atoms with Crippen molar-refractivity contribution in [2.24, 2.45) is 5.10 Å². The lowest BCUT2D eigenvalue weighted by molar-refractivity contribution is 0.567. The van der Waals surface area contributed by atoms with Gasteiger partial charge in [-0.25, -0.2) is 8.42 Å². The van der Waals surface area contributed by atoms with Gasteiger partial charge in [-0.1, -0.05) is 6.42 Å². The summed E-state index contributed by atoms with van der Waals surface area (Å²) in [6.07, 6.45) is 6.61. The van der Waals surface area contributed by atoms with Gasteiger partial charge in [0, 0.05) is 5.71 Å². The van der Waals surface area contributed by atoms with E-state index in [4.69, 9.17) is 0 Å². The maximum Gasteiger partial charge on any atom is 0.152 e. The van der Waals surface area contributed by atoms with Crippen LogP contribution in [-0.2, 0) is 9.84 Å². The number of hydrogen-bond acceptors (Lipinski definition) is 4. The van der Waals surface area contributed by atoms with Gasteiger partial charge >= 0.3 is 0 Å². The molecule has 0 spiro atoms. The SMILES string of the molecule is O=S1(=O)CC[C@H](NN=C2CCCCC2)C1. The summed E-state index contributed by atoms with van der Waals surface area (Å²) in [5.74, 6) is 0.569. The predicted molar refractivity (Wildman–Crippen MR) is 60.7 cm³/mol. The molecule has 1 saturated heterocycles. The van der Waals surface area contributed by atoms with E-state index in [1.54, 1.807) is 0 Å². The summed E-state index contributed by atoms with van der Waals surface area (Å²) in [7, 11) is -2.78. The van der Waals surface area contributed by atoms with Crippen molar-refractivity contribution in [3.63, 3.8) is 0 Å². The molecule has 1 aliphatic carbocycles. The standard InChI is InChI=1S/C10H18N2O2S/c13-15(14)7-6-10(8-15)12-11-9-4-2-1-3-5-9/h10,12H,1-8H2/t10-/m0/s1. The molecule has 0 bridgehead atoms. The van der Waals surface area contributed by atoms with Gasteiger partial charge in [0.15, 0.2) is 9.84 Å². The van der Waals surface area contributed by atoms with E-state index in [1.807, 2.05) is 0 Å². The molecule has 1 atom stereocenters. The smallest absolute Gasteiger partial charge is 0.152 e. The second-order valence-corrected chi connectivity index (χ2v) is 6.70. The molecule has 0 aromatic heterocycles. The highest BCUT2D eigenvalue weighted by Crippen LogP contribution is 2.15. The molecule has 0 unspecified atom stereocenters. The maximum atomic E-state index is 11.2. The first-order chi connectivity index (χ1) is 7.16. The largest absolute Gasteiger partial charge is 0.306 e. The third kappa shape index (κ3) is 3.19. The summed E-state index contributed by atoms with van der Waals surface area (Å²) in [6, 6.07) is 0.0458. The molecular weight excluding hydrogens is 212 g/mol. The normalized spacial score (nSPS) is 30.1. The molecule has 1 N–H and O–H groups in total. The van der Waals surface area contributed by atoms with Crippen molar-refractivity contribution in [2.45, 2.75) is 44.6 Å². The molecular formula is C10H18N2O2S. The van der Waals surface area contributed by atoms with Crippen molar-refractivity contribution in [3.05, 3.63) is 0 Å². The van der Waals surface area contributed by atoms with Gasteiger partial charge in [0.2, 0.25) is 0 Å². The number of rotatable bonds is 2. The van der Waals surface area contributed by atoms with E-state index in [0.29, 0.717) is 12.2 Å². The summed E-state index contributed by atoms with van der Waals surface area (Å²) in [5.41, 5.74) is 4.23. The average molecular weight is 230 g/mol. The van der Waals surface area contributed by atoms with Gasteiger partial charge in [0.25, 0.3) is 0 Å². The van der Waals surface area contributed by atoms with Crippen molar-refractivity contribution >= 4 is 15.5 Å². The fourth-order valence-corrected chi connectivity index (χ4v) is 3.82. The van der Waals surface area contributed by atoms with E-state index >= 15 is 0 Å². The van der Waals surface area contributed by atoms with E-state index in [0.717, 1.165) is 12.8 Å². The minimum Gasteiger partial charge on any atom is -0.306 e. The monoisotopic (exact) mass is 230 g/mol. The number of nitrogens with zero attached hydrogens (tertiary/aromatic N) is 1. The summed E-state index contributed by atoms with van der Waals surface area (Å²) >= 11 is 0. The molecule has 0 aromatic carbocycles. The van der Waals surface area contributed by atoms with Crippen LogP contribution in [0.15, 0.2) is 5.10 Å². The van der Waals surface area contributed by atoms with Gasteiger partial charge in [0.1, 0.15) is 0 Å². The summed E-state index contributed by atoms with van der Waals surface area (Å²) in [4.78, 5) is 0. The van der Waals surface area contributed by atoms with Gasteiger partial charge < -0.3 is 5.43 Å². The molecule has 15 heavy (non-hydrogen) atoms. The Bertz CT molecular complexity index is 340. The molecule has 4 nitrogen and oxygen atoms in total. The molecule has 1 aliphatic heterocycles. The van der Waals surface area contributed by atoms with Gasteiger partial charge in [-0.3, -0.25) is 0 Å². The summed E-state index contributed by atoms with van der Waals surface area (Å²) in [6.45, 7) is 0. The van der Waals surface area contributed by atoms with Crippen LogP contribution in [-0.4, -0.2) is 31.7 Å². The van der Waals surface area contributed by atoms with Crippen LogP contribution in [0.3, 0.4) is 0 Å². The molecule has 1 heterocycles. The van der Waals surface area contributed by atoms with Crippen LogP contribution in [0.4, 0.5) is 0 Å². The quantitative estimate of drug-likeness (QED) is 0.722. The highest BCUT2D eigenvalue weighted by molar-refractivity contribution is 7.91. The fraction of sp³-hybridized carbons (Fsp3) is 0.900. The van der Waals surface area contributed by atoms with Crippen molar-refractivity contribution < 1.29 is 8.42 Å². The van der Waals surface area contributed by atoms with Crippen LogP contribution in [0.25, 0.3) is 0 Å². The molecule has 2 aliphatic rings. The number of hydrogen-bond donors (Lipinski definition) is 1. The topological polar surface area (TPSA) is 58.5 Å². The minimum absolute atomic E-state index is 0.0458. The molecule has 1 saturated carbocycles. The van der Waals surface area contributed by atoms with Gasteiger partial charge in [0.05, 0.1) is 17.5 Å². The number of hydrazone groups is 1. The van der Waals surface area contributed by atoms with Gasteiger partial charge in [-0.15, -0.1) is 0 Å². The Balaban J connectivity index is 1.83. The Kier molecular flexibility index (Phi) is 3.29. The Morgan fingerprint density at radius 2 is 1.93 bits per heavy atom. The van der Waals surface area contributed by atoms with Crippen molar-refractivity contribution in [1.29, 1.82) is 0 Å². The van der Waals surface area contributed by atoms with Crippen LogP contribution < -0.4 is 5.43 Å². The Morgan fingerprint density at radius 3 is 2.53 bits per heavy atom. The number of sulfone groups is 1. The molecule has 86 valence electrons. The number of nitrogens with one attached hydrogen (secondary N) is 1. The first-order valence-electron chi connectivity index (χ1n) is 5.67. The maximum absolute atomic E-state index is 11.2. The van der Waals surface area contributed by atoms with E-state index in [2.05, 4.69) is 10.5 Å². The molecule has 5 heteroatoms. The van der Waals surface area contributed by atoms with E-state index in [1.165, 1.54) is 25.0 Å². The second-order valence-electron chi connectivity index (χ2n) is 4.47. The van der Waals surface area contributed by atoms with Gasteiger partial charge in [-0.2, -0.15) is 5.10 Å². The van der Waals surface area contributed by atoms with E-state index in [9.17, 15) is 8.42 Å². The van der Waals surface area contributed by atoms with Crippen LogP contribution in [0, 0.1) is 0 Å². The van der Waals surface area contributed by atoms with Crippen LogP contribution in [0.5, 0.6) is 0 Å². The van der Waals surface area contributed by atoms with Crippen molar-refractivity contribution in [3.8, 4) is 0 Å². The first-order valence-corrected chi connectivity index (χ1v) is 7.49. The molecule has 2 rings (SSSR count). The zero-order valence-corrected chi connectivity index (χ0v) is 9.72. The second kappa shape index (κ2) is 4.51. The van der Waals surface area contributed by atoms with E-state index in [-0.39, 0.29) is 11.8 Å². The lowest BCUT2D eigenvalue weighted by Gasteiger charge is -2.14. The lowest BCUT2D eigenvalue weighted by Crippen LogP contribution is -2.27.